The number of carboxylic acids is 1. The molecule has 4 nitrogen and oxygen atoms in total. The van der Waals surface area contributed by atoms with E-state index in [0.29, 0.717) is 19.5 Å². The Balaban J connectivity index is 2.10. The van der Waals surface area contributed by atoms with E-state index in [1.165, 1.54) is 6.07 Å². The Kier molecular flexibility index (Phi) is 4.46. The second kappa shape index (κ2) is 5.97. The van der Waals surface area contributed by atoms with Crippen LogP contribution in [0, 0.1) is 5.41 Å². The molecule has 0 spiro atoms. The quantitative estimate of drug-likeness (QED) is 0.907. The number of nitrogens with zero attached hydrogens (tertiary/aromatic N) is 1. The first-order chi connectivity index (χ1) is 9.82. The first-order valence-electron chi connectivity index (χ1n) is 6.84. The lowest BCUT2D eigenvalue weighted by atomic mass is 9.90. The number of carbonyl (C=O) groups is 1. The molecule has 0 aliphatic carbocycles. The number of aliphatic carboxylic acids is 1. The summed E-state index contributed by atoms with van der Waals surface area (Å²) < 4.78 is 28.9. The van der Waals surface area contributed by atoms with Crippen LogP contribution in [0.1, 0.15) is 31.9 Å². The Morgan fingerprint density at radius 1 is 1.48 bits per heavy atom. The van der Waals surface area contributed by atoms with Crippen LogP contribution < -0.4 is 4.74 Å². The number of hydrogen-bond donors (Lipinski definition) is 1. The molecule has 0 amide bonds. The first-order valence-corrected chi connectivity index (χ1v) is 6.84. The van der Waals surface area contributed by atoms with Crippen molar-refractivity contribution in [3.05, 3.63) is 29.8 Å². The van der Waals surface area contributed by atoms with E-state index in [-0.39, 0.29) is 11.8 Å². The predicted octanol–water partition coefficient (Wildman–Crippen LogP) is 3.15. The maximum Gasteiger partial charge on any atom is 0.387 e. The molecule has 1 fully saturated rings. The topological polar surface area (TPSA) is 49.8 Å². The highest BCUT2D eigenvalue weighted by molar-refractivity contribution is 5.74. The fourth-order valence-electron chi connectivity index (χ4n) is 2.66. The van der Waals surface area contributed by atoms with Crippen LogP contribution in [0.5, 0.6) is 5.75 Å². The second-order valence-electron chi connectivity index (χ2n) is 5.71. The van der Waals surface area contributed by atoms with E-state index in [1.54, 1.807) is 19.1 Å². The van der Waals surface area contributed by atoms with Gasteiger partial charge in [-0.15, -0.1) is 0 Å². The lowest BCUT2D eigenvalue weighted by molar-refractivity contribution is -0.147. The van der Waals surface area contributed by atoms with E-state index in [0.717, 1.165) is 5.56 Å². The van der Waals surface area contributed by atoms with Gasteiger partial charge in [0.05, 0.1) is 5.41 Å². The van der Waals surface area contributed by atoms with Crippen LogP contribution in [0.25, 0.3) is 0 Å². The van der Waals surface area contributed by atoms with E-state index >= 15 is 0 Å². The van der Waals surface area contributed by atoms with Crippen LogP contribution >= 0.6 is 0 Å². The van der Waals surface area contributed by atoms with Crippen molar-refractivity contribution in [3.8, 4) is 5.75 Å². The molecule has 0 aromatic heterocycles. The van der Waals surface area contributed by atoms with E-state index < -0.39 is 18.0 Å². The number of hydrogen-bond acceptors (Lipinski definition) is 3. The van der Waals surface area contributed by atoms with E-state index in [9.17, 15) is 18.7 Å². The molecule has 0 saturated carbocycles. The SMILES string of the molecule is CC(c1cccc(OC(F)F)c1)N1CCC(C)(C(=O)O)C1. The summed E-state index contributed by atoms with van der Waals surface area (Å²) in [6, 6.07) is 6.50. The van der Waals surface area contributed by atoms with Crippen molar-refractivity contribution in [2.24, 2.45) is 5.41 Å². The molecule has 2 atom stereocenters. The fourth-order valence-corrected chi connectivity index (χ4v) is 2.66. The highest BCUT2D eigenvalue weighted by Crippen LogP contribution is 2.36. The van der Waals surface area contributed by atoms with Crippen molar-refractivity contribution in [1.82, 2.24) is 4.90 Å². The Bertz CT molecular complexity index is 523. The molecule has 1 aliphatic heterocycles. The summed E-state index contributed by atoms with van der Waals surface area (Å²) >= 11 is 0. The Morgan fingerprint density at radius 3 is 2.76 bits per heavy atom. The number of benzene rings is 1. The number of halogens is 2. The summed E-state index contributed by atoms with van der Waals surface area (Å²) in [5, 5.41) is 9.26. The van der Waals surface area contributed by atoms with Crippen LogP contribution in [-0.2, 0) is 4.79 Å². The highest BCUT2D eigenvalue weighted by Gasteiger charge is 2.41. The van der Waals surface area contributed by atoms with E-state index in [4.69, 9.17) is 0 Å². The summed E-state index contributed by atoms with van der Waals surface area (Å²) in [6.45, 7) is 1.94. The van der Waals surface area contributed by atoms with Crippen LogP contribution in [0.3, 0.4) is 0 Å². The average molecular weight is 299 g/mol. The smallest absolute Gasteiger partial charge is 0.387 e. The van der Waals surface area contributed by atoms with Gasteiger partial charge in [0.1, 0.15) is 5.75 Å². The van der Waals surface area contributed by atoms with Crippen molar-refractivity contribution in [2.75, 3.05) is 13.1 Å². The van der Waals surface area contributed by atoms with Gasteiger partial charge in [0.25, 0.3) is 0 Å². The normalized spacial score (nSPS) is 24.2. The van der Waals surface area contributed by atoms with Crippen LogP contribution in [0.15, 0.2) is 24.3 Å². The largest absolute Gasteiger partial charge is 0.481 e. The Labute approximate surface area is 122 Å². The van der Waals surface area contributed by atoms with Gasteiger partial charge in [-0.2, -0.15) is 8.78 Å². The summed E-state index contributed by atoms with van der Waals surface area (Å²) in [5.41, 5.74) is 0.0912. The van der Waals surface area contributed by atoms with Gasteiger partial charge in [0, 0.05) is 12.6 Å². The van der Waals surface area contributed by atoms with Gasteiger partial charge in [0.2, 0.25) is 0 Å². The third-order valence-electron chi connectivity index (χ3n) is 4.13. The molecule has 1 aliphatic rings. The van der Waals surface area contributed by atoms with Gasteiger partial charge in [0.15, 0.2) is 0 Å². The first kappa shape index (κ1) is 15.7. The van der Waals surface area contributed by atoms with Gasteiger partial charge in [-0.25, -0.2) is 0 Å². The minimum atomic E-state index is -2.85. The highest BCUT2D eigenvalue weighted by atomic mass is 19.3. The number of ether oxygens (including phenoxy) is 1. The molecule has 116 valence electrons. The number of carboxylic acid groups (broad SMARTS) is 1. The zero-order valence-electron chi connectivity index (χ0n) is 12.1. The van der Waals surface area contributed by atoms with Crippen molar-refractivity contribution < 1.29 is 23.4 Å². The van der Waals surface area contributed by atoms with Crippen molar-refractivity contribution >= 4 is 5.97 Å². The summed E-state index contributed by atoms with van der Waals surface area (Å²) in [7, 11) is 0. The molecule has 1 heterocycles. The van der Waals surface area contributed by atoms with Crippen molar-refractivity contribution in [2.45, 2.75) is 32.9 Å². The molecule has 6 heteroatoms. The number of rotatable bonds is 5. The molecule has 2 rings (SSSR count). The van der Waals surface area contributed by atoms with Gasteiger partial charge in [-0.1, -0.05) is 12.1 Å². The fraction of sp³-hybridized carbons (Fsp3) is 0.533. The average Bonchev–Trinajstić information content (AvgIpc) is 2.81. The number of likely N-dealkylation sites (tertiary alicyclic amines) is 1. The van der Waals surface area contributed by atoms with Gasteiger partial charge in [-0.05, 0) is 44.5 Å². The standard InChI is InChI=1S/C15H19F2NO3/c1-10(18-7-6-15(2,9-18)13(19)20)11-4-3-5-12(8-11)21-14(16)17/h3-5,8,10,14H,6-7,9H2,1-2H3,(H,19,20). The molecule has 2 unspecified atom stereocenters. The zero-order chi connectivity index (χ0) is 15.6. The van der Waals surface area contributed by atoms with E-state index in [2.05, 4.69) is 9.64 Å². The Hall–Kier alpha value is -1.69. The molecule has 0 radical (unpaired) electrons. The second-order valence-corrected chi connectivity index (χ2v) is 5.71. The minimum absolute atomic E-state index is 0.0487. The molecular weight excluding hydrogens is 280 g/mol. The molecule has 1 saturated heterocycles. The molecule has 1 aromatic rings. The lowest BCUT2D eigenvalue weighted by Gasteiger charge is -2.26. The third-order valence-corrected chi connectivity index (χ3v) is 4.13. The van der Waals surface area contributed by atoms with Crippen molar-refractivity contribution in [3.63, 3.8) is 0 Å². The van der Waals surface area contributed by atoms with Gasteiger partial charge >= 0.3 is 12.6 Å². The maximum atomic E-state index is 12.2. The zero-order valence-corrected chi connectivity index (χ0v) is 12.1. The molecule has 1 aromatic carbocycles. The summed E-state index contributed by atoms with van der Waals surface area (Å²) in [6.07, 6.45) is 0.583. The van der Waals surface area contributed by atoms with Crippen molar-refractivity contribution in [1.29, 1.82) is 0 Å². The minimum Gasteiger partial charge on any atom is -0.481 e. The maximum absolute atomic E-state index is 12.2. The predicted molar refractivity (Wildman–Crippen MR) is 73.4 cm³/mol. The molecule has 21 heavy (non-hydrogen) atoms. The van der Waals surface area contributed by atoms with Gasteiger partial charge in [-0.3, -0.25) is 9.69 Å². The molecule has 0 bridgehead atoms. The van der Waals surface area contributed by atoms with Crippen LogP contribution in [0.2, 0.25) is 0 Å². The lowest BCUT2D eigenvalue weighted by Crippen LogP contribution is -2.32. The van der Waals surface area contributed by atoms with Crippen LogP contribution in [-0.4, -0.2) is 35.7 Å². The summed E-state index contributed by atoms with van der Waals surface area (Å²) in [5.74, 6) is -0.679. The molecular formula is C15H19F2NO3. The van der Waals surface area contributed by atoms with E-state index in [1.807, 2.05) is 13.0 Å². The Morgan fingerprint density at radius 2 is 2.19 bits per heavy atom. The van der Waals surface area contributed by atoms with Crippen LogP contribution in [0.4, 0.5) is 8.78 Å². The third kappa shape index (κ3) is 3.50. The number of alkyl halides is 2. The van der Waals surface area contributed by atoms with Gasteiger partial charge < -0.3 is 9.84 Å². The summed E-state index contributed by atoms with van der Waals surface area (Å²) in [4.78, 5) is 13.3. The monoisotopic (exact) mass is 299 g/mol. The molecule has 1 N–H and O–H groups in total.